The molecule has 0 aliphatic carbocycles. The van der Waals surface area contributed by atoms with E-state index in [9.17, 15) is 0 Å². The molecule has 3 nitrogen and oxygen atoms in total. The summed E-state index contributed by atoms with van der Waals surface area (Å²) < 4.78 is 2.01. The molecule has 13 heavy (non-hydrogen) atoms. The van der Waals surface area contributed by atoms with Gasteiger partial charge >= 0.3 is 0 Å². The number of anilines is 1. The average molecular weight is 175 g/mol. The van der Waals surface area contributed by atoms with Crippen molar-refractivity contribution in [3.63, 3.8) is 0 Å². The lowest BCUT2D eigenvalue weighted by molar-refractivity contribution is 0.947. The first-order valence-corrected chi connectivity index (χ1v) is 4.28. The highest BCUT2D eigenvalue weighted by atomic mass is 15.0. The van der Waals surface area contributed by atoms with Crippen molar-refractivity contribution in [2.45, 2.75) is 13.8 Å². The molecule has 0 spiro atoms. The van der Waals surface area contributed by atoms with Gasteiger partial charge < -0.3 is 10.3 Å². The predicted molar refractivity (Wildman–Crippen MR) is 54.6 cm³/mol. The first kappa shape index (κ1) is 8.10. The fraction of sp³-hybridized carbons (Fsp3) is 0.300. The van der Waals surface area contributed by atoms with Crippen LogP contribution in [0.1, 0.15) is 11.1 Å². The second-order valence-corrected chi connectivity index (χ2v) is 3.46. The van der Waals surface area contributed by atoms with Gasteiger partial charge in [-0.15, -0.1) is 0 Å². The number of hydrogen-bond donors (Lipinski definition) is 1. The number of nitrogens with two attached hydrogens (primary N) is 1. The van der Waals surface area contributed by atoms with Gasteiger partial charge in [-0.3, -0.25) is 0 Å². The minimum atomic E-state index is 0.853. The van der Waals surface area contributed by atoms with Gasteiger partial charge in [0.05, 0.1) is 17.4 Å². The molecule has 0 saturated heterocycles. The summed E-state index contributed by atoms with van der Waals surface area (Å²) in [6, 6.07) is 2.07. The third-order valence-corrected chi connectivity index (χ3v) is 2.52. The quantitative estimate of drug-likeness (QED) is 0.620. The van der Waals surface area contributed by atoms with Crippen LogP contribution in [-0.2, 0) is 7.05 Å². The third-order valence-electron chi connectivity index (χ3n) is 2.52. The maximum Gasteiger partial charge on any atom is 0.0955 e. The molecule has 2 aromatic rings. The maximum absolute atomic E-state index is 5.91. The number of rotatable bonds is 0. The van der Waals surface area contributed by atoms with E-state index < -0.39 is 0 Å². The van der Waals surface area contributed by atoms with Gasteiger partial charge in [-0.1, -0.05) is 0 Å². The topological polar surface area (TPSA) is 43.8 Å². The fourth-order valence-corrected chi connectivity index (χ4v) is 1.60. The van der Waals surface area contributed by atoms with Crippen molar-refractivity contribution in [3.05, 3.63) is 23.5 Å². The standard InChI is InChI=1S/C10H13N3/c1-6-4-8-10(7(2)9(6)11)12-5-13(8)3/h4-5H,11H2,1-3H3. The molecular weight excluding hydrogens is 162 g/mol. The lowest BCUT2D eigenvalue weighted by Gasteiger charge is -2.05. The highest BCUT2D eigenvalue weighted by Crippen LogP contribution is 2.25. The summed E-state index contributed by atoms with van der Waals surface area (Å²) in [4.78, 5) is 4.30. The first-order valence-electron chi connectivity index (χ1n) is 4.28. The normalized spacial score (nSPS) is 11.0. The number of imidazole rings is 1. The molecule has 2 rings (SSSR count). The smallest absolute Gasteiger partial charge is 0.0955 e. The molecule has 0 saturated carbocycles. The summed E-state index contributed by atoms with van der Waals surface area (Å²) in [5.74, 6) is 0. The summed E-state index contributed by atoms with van der Waals surface area (Å²) in [5, 5.41) is 0. The highest BCUT2D eigenvalue weighted by Gasteiger charge is 2.07. The van der Waals surface area contributed by atoms with Gasteiger partial charge in [0, 0.05) is 18.3 Å². The van der Waals surface area contributed by atoms with Gasteiger partial charge in [0.25, 0.3) is 0 Å². The van der Waals surface area contributed by atoms with E-state index in [1.54, 1.807) is 0 Å². The number of nitrogens with zero attached hydrogens (tertiary/aromatic N) is 2. The van der Waals surface area contributed by atoms with Crippen molar-refractivity contribution >= 4 is 16.7 Å². The molecule has 68 valence electrons. The van der Waals surface area contributed by atoms with Gasteiger partial charge in [0.1, 0.15) is 0 Å². The predicted octanol–water partition coefficient (Wildman–Crippen LogP) is 1.77. The van der Waals surface area contributed by atoms with Crippen LogP contribution in [0.2, 0.25) is 0 Å². The molecule has 0 fully saturated rings. The van der Waals surface area contributed by atoms with Crippen LogP contribution in [0, 0.1) is 13.8 Å². The molecule has 0 amide bonds. The second kappa shape index (κ2) is 2.49. The van der Waals surface area contributed by atoms with Crippen LogP contribution in [-0.4, -0.2) is 9.55 Å². The van der Waals surface area contributed by atoms with Crippen molar-refractivity contribution in [3.8, 4) is 0 Å². The molecule has 1 heterocycles. The van der Waals surface area contributed by atoms with E-state index in [0.717, 1.165) is 27.8 Å². The number of benzene rings is 1. The van der Waals surface area contributed by atoms with Crippen molar-refractivity contribution < 1.29 is 0 Å². The van der Waals surface area contributed by atoms with Crippen LogP contribution in [0.5, 0.6) is 0 Å². The number of hydrogen-bond acceptors (Lipinski definition) is 2. The lowest BCUT2D eigenvalue weighted by atomic mass is 10.1. The minimum absolute atomic E-state index is 0.853. The van der Waals surface area contributed by atoms with E-state index in [1.165, 1.54) is 0 Å². The number of aromatic nitrogens is 2. The van der Waals surface area contributed by atoms with Crippen LogP contribution in [0.15, 0.2) is 12.4 Å². The Balaban J connectivity index is 2.96. The van der Waals surface area contributed by atoms with Crippen molar-refractivity contribution in [1.29, 1.82) is 0 Å². The van der Waals surface area contributed by atoms with E-state index in [4.69, 9.17) is 5.73 Å². The largest absolute Gasteiger partial charge is 0.398 e. The zero-order chi connectivity index (χ0) is 9.59. The Labute approximate surface area is 77.2 Å². The summed E-state index contributed by atoms with van der Waals surface area (Å²) in [6.07, 6.45) is 1.82. The molecule has 0 atom stereocenters. The molecular formula is C10H13N3. The Hall–Kier alpha value is -1.51. The minimum Gasteiger partial charge on any atom is -0.398 e. The number of nitrogen functional groups attached to an aromatic ring is 1. The zero-order valence-corrected chi connectivity index (χ0v) is 8.13. The summed E-state index contributed by atoms with van der Waals surface area (Å²) in [7, 11) is 1.99. The van der Waals surface area contributed by atoms with Crippen LogP contribution in [0.3, 0.4) is 0 Å². The van der Waals surface area contributed by atoms with Crippen LogP contribution in [0.4, 0.5) is 5.69 Å². The van der Waals surface area contributed by atoms with E-state index >= 15 is 0 Å². The van der Waals surface area contributed by atoms with E-state index in [1.807, 2.05) is 31.8 Å². The SMILES string of the molecule is Cc1cc2c(ncn2C)c(C)c1N. The third kappa shape index (κ3) is 1.00. The molecule has 0 aliphatic heterocycles. The Kier molecular flexibility index (Phi) is 1.55. The number of fused-ring (bicyclic) bond motifs is 1. The lowest BCUT2D eigenvalue weighted by Crippen LogP contribution is -1.95. The van der Waals surface area contributed by atoms with Gasteiger partial charge in [0.2, 0.25) is 0 Å². The van der Waals surface area contributed by atoms with E-state index in [-0.39, 0.29) is 0 Å². The Bertz CT molecular complexity index is 468. The van der Waals surface area contributed by atoms with E-state index in [2.05, 4.69) is 11.1 Å². The van der Waals surface area contributed by atoms with Crippen LogP contribution >= 0.6 is 0 Å². The molecule has 3 heteroatoms. The Morgan fingerprint density at radius 1 is 1.38 bits per heavy atom. The van der Waals surface area contributed by atoms with Crippen molar-refractivity contribution in [2.24, 2.45) is 7.05 Å². The van der Waals surface area contributed by atoms with E-state index in [0.29, 0.717) is 0 Å². The molecule has 0 bridgehead atoms. The number of aryl methyl sites for hydroxylation is 3. The molecule has 1 aromatic heterocycles. The maximum atomic E-state index is 5.91. The molecule has 0 aliphatic rings. The highest BCUT2D eigenvalue weighted by molar-refractivity contribution is 5.85. The fourth-order valence-electron chi connectivity index (χ4n) is 1.60. The van der Waals surface area contributed by atoms with Crippen LogP contribution < -0.4 is 5.73 Å². The second-order valence-electron chi connectivity index (χ2n) is 3.46. The summed E-state index contributed by atoms with van der Waals surface area (Å²) >= 11 is 0. The Morgan fingerprint density at radius 2 is 2.08 bits per heavy atom. The monoisotopic (exact) mass is 175 g/mol. The Morgan fingerprint density at radius 3 is 2.77 bits per heavy atom. The zero-order valence-electron chi connectivity index (χ0n) is 8.13. The summed E-state index contributed by atoms with van der Waals surface area (Å²) in [6.45, 7) is 4.03. The molecule has 0 radical (unpaired) electrons. The van der Waals surface area contributed by atoms with Gasteiger partial charge in [-0.05, 0) is 25.5 Å². The molecule has 2 N–H and O–H groups in total. The van der Waals surface area contributed by atoms with Crippen LogP contribution in [0.25, 0.3) is 11.0 Å². The average Bonchev–Trinajstić information content (AvgIpc) is 2.45. The van der Waals surface area contributed by atoms with Crippen molar-refractivity contribution in [1.82, 2.24) is 9.55 Å². The van der Waals surface area contributed by atoms with Gasteiger partial charge in [-0.25, -0.2) is 4.98 Å². The summed E-state index contributed by atoms with van der Waals surface area (Å²) in [5.41, 5.74) is 11.1. The van der Waals surface area contributed by atoms with Gasteiger partial charge in [-0.2, -0.15) is 0 Å². The van der Waals surface area contributed by atoms with Crippen molar-refractivity contribution in [2.75, 3.05) is 5.73 Å². The molecule has 0 unspecified atom stereocenters. The van der Waals surface area contributed by atoms with Gasteiger partial charge in [0.15, 0.2) is 0 Å². The molecule has 1 aromatic carbocycles. The first-order chi connectivity index (χ1) is 6.11.